The quantitative estimate of drug-likeness (QED) is 0.795. The average molecular weight is 272 g/mol. The summed E-state index contributed by atoms with van der Waals surface area (Å²) in [6.45, 7) is 5.73. The number of carbonyl (C=O) groups excluding carboxylic acids is 3. The summed E-state index contributed by atoms with van der Waals surface area (Å²) in [4.78, 5) is 36.0. The summed E-state index contributed by atoms with van der Waals surface area (Å²) in [5, 5.41) is 0. The van der Waals surface area contributed by atoms with E-state index in [1.165, 1.54) is 0 Å². The molecule has 0 unspecified atom stereocenters. The molecule has 1 aliphatic rings. The van der Waals surface area contributed by atoms with Gasteiger partial charge in [0.2, 0.25) is 0 Å². The van der Waals surface area contributed by atoms with E-state index >= 15 is 0 Å². The van der Waals surface area contributed by atoms with Crippen LogP contribution in [0.25, 0.3) is 0 Å². The highest BCUT2D eigenvalue weighted by molar-refractivity contribution is 6.20. The van der Waals surface area contributed by atoms with Crippen LogP contribution in [0.15, 0.2) is 18.2 Å². The highest BCUT2D eigenvalue weighted by Crippen LogP contribution is 2.34. The zero-order valence-corrected chi connectivity index (χ0v) is 12.2. The van der Waals surface area contributed by atoms with E-state index in [0.29, 0.717) is 12.8 Å². The van der Waals surface area contributed by atoms with Crippen LogP contribution < -0.4 is 0 Å². The van der Waals surface area contributed by atoms with E-state index in [2.05, 4.69) is 0 Å². The number of carbonyl (C=O) groups is 3. The minimum Gasteiger partial charge on any atom is -0.298 e. The van der Waals surface area contributed by atoms with Gasteiger partial charge in [-0.2, -0.15) is 0 Å². The van der Waals surface area contributed by atoms with Crippen molar-refractivity contribution in [3.8, 4) is 0 Å². The van der Waals surface area contributed by atoms with Gasteiger partial charge in [-0.1, -0.05) is 25.1 Å². The fourth-order valence-corrected chi connectivity index (χ4v) is 2.97. The zero-order chi connectivity index (χ0) is 14.9. The smallest absolute Gasteiger partial charge is 0.151 e. The summed E-state index contributed by atoms with van der Waals surface area (Å²) >= 11 is 0. The Hall–Kier alpha value is -1.77. The van der Waals surface area contributed by atoms with Crippen LogP contribution in [-0.2, 0) is 14.4 Å². The third-order valence-electron chi connectivity index (χ3n) is 4.30. The second-order valence-electron chi connectivity index (χ2n) is 5.58. The first kappa shape index (κ1) is 14.6. The number of rotatable bonds is 3. The molecule has 0 aliphatic heterocycles. The van der Waals surface area contributed by atoms with Gasteiger partial charge in [0, 0.05) is 19.3 Å². The molecule has 106 valence electrons. The molecule has 1 aromatic rings. The van der Waals surface area contributed by atoms with Crippen molar-refractivity contribution in [2.45, 2.75) is 46.0 Å². The molecule has 0 radical (unpaired) electrons. The summed E-state index contributed by atoms with van der Waals surface area (Å²) in [6.07, 6.45) is 0.842. The van der Waals surface area contributed by atoms with Crippen molar-refractivity contribution >= 4 is 17.3 Å². The van der Waals surface area contributed by atoms with Gasteiger partial charge in [-0.25, -0.2) is 0 Å². The Morgan fingerprint density at radius 3 is 2.30 bits per heavy atom. The molecular formula is C17H20O3. The summed E-state index contributed by atoms with van der Waals surface area (Å²) in [6, 6.07) is 5.96. The molecule has 0 aromatic heterocycles. The van der Waals surface area contributed by atoms with Crippen molar-refractivity contribution in [1.29, 1.82) is 0 Å². The molecule has 0 spiro atoms. The molecule has 0 saturated heterocycles. The van der Waals surface area contributed by atoms with Crippen LogP contribution in [0.1, 0.15) is 48.8 Å². The van der Waals surface area contributed by atoms with Crippen LogP contribution in [0.3, 0.4) is 0 Å². The zero-order valence-electron chi connectivity index (χ0n) is 12.2. The topological polar surface area (TPSA) is 51.2 Å². The summed E-state index contributed by atoms with van der Waals surface area (Å²) < 4.78 is 0. The molecule has 0 heterocycles. The maximum Gasteiger partial charge on any atom is 0.151 e. The Morgan fingerprint density at radius 1 is 1.15 bits per heavy atom. The molecule has 20 heavy (non-hydrogen) atoms. The number of Topliss-reactive ketones (excluding diaryl/α,β-unsaturated/α-hetero) is 3. The molecular weight excluding hydrogens is 252 g/mol. The largest absolute Gasteiger partial charge is 0.298 e. The molecule has 2 rings (SSSR count). The van der Waals surface area contributed by atoms with Crippen LogP contribution in [0.4, 0.5) is 0 Å². The predicted octanol–water partition coefficient (Wildman–Crippen LogP) is 2.91. The molecule has 0 bridgehead atoms. The van der Waals surface area contributed by atoms with Gasteiger partial charge >= 0.3 is 0 Å². The third kappa shape index (κ3) is 2.58. The van der Waals surface area contributed by atoms with E-state index in [1.807, 2.05) is 32.0 Å². The summed E-state index contributed by atoms with van der Waals surface area (Å²) in [5.74, 6) is -1.73. The lowest BCUT2D eigenvalue weighted by molar-refractivity contribution is -0.142. The van der Waals surface area contributed by atoms with Gasteiger partial charge in [0.05, 0.1) is 0 Å². The first-order valence-electron chi connectivity index (χ1n) is 7.10. The van der Waals surface area contributed by atoms with E-state index in [-0.39, 0.29) is 29.7 Å². The Labute approximate surface area is 119 Å². The Morgan fingerprint density at radius 2 is 1.75 bits per heavy atom. The fraction of sp³-hybridized carbons (Fsp3) is 0.471. The SMILES string of the molecule is CCC(=O)C1C(=O)CC(c2cccc(C)c2C)CC1=O. The number of ketones is 3. The van der Waals surface area contributed by atoms with Crippen LogP contribution in [0.2, 0.25) is 0 Å². The van der Waals surface area contributed by atoms with Gasteiger partial charge in [0.25, 0.3) is 0 Å². The standard InChI is InChI=1S/C17H20O3/c1-4-14(18)17-15(19)8-12(9-16(17)20)13-7-5-6-10(2)11(13)3/h5-7,12,17H,4,8-9H2,1-3H3. The molecule has 3 heteroatoms. The monoisotopic (exact) mass is 272 g/mol. The van der Waals surface area contributed by atoms with Crippen LogP contribution in [0.5, 0.6) is 0 Å². The molecule has 0 N–H and O–H groups in total. The third-order valence-corrected chi connectivity index (χ3v) is 4.30. The Bertz CT molecular complexity index is 554. The van der Waals surface area contributed by atoms with E-state index in [4.69, 9.17) is 0 Å². The molecule has 0 atom stereocenters. The van der Waals surface area contributed by atoms with E-state index in [9.17, 15) is 14.4 Å². The maximum atomic E-state index is 12.1. The normalized spacial score (nSPS) is 22.9. The number of aryl methyl sites for hydroxylation is 1. The van der Waals surface area contributed by atoms with Crippen molar-refractivity contribution in [2.24, 2.45) is 5.92 Å². The van der Waals surface area contributed by atoms with Crippen molar-refractivity contribution < 1.29 is 14.4 Å². The van der Waals surface area contributed by atoms with Crippen molar-refractivity contribution in [3.05, 3.63) is 34.9 Å². The van der Waals surface area contributed by atoms with Crippen molar-refractivity contribution in [2.75, 3.05) is 0 Å². The van der Waals surface area contributed by atoms with Crippen LogP contribution in [0, 0.1) is 19.8 Å². The first-order chi connectivity index (χ1) is 9.45. The van der Waals surface area contributed by atoms with E-state index in [0.717, 1.165) is 16.7 Å². The second-order valence-corrected chi connectivity index (χ2v) is 5.58. The molecule has 3 nitrogen and oxygen atoms in total. The molecule has 0 amide bonds. The number of benzene rings is 1. The average Bonchev–Trinajstić information content (AvgIpc) is 2.40. The van der Waals surface area contributed by atoms with Gasteiger partial charge in [-0.05, 0) is 36.5 Å². The maximum absolute atomic E-state index is 12.1. The van der Waals surface area contributed by atoms with Crippen LogP contribution in [-0.4, -0.2) is 17.3 Å². The molecule has 1 aliphatic carbocycles. The lowest BCUT2D eigenvalue weighted by Gasteiger charge is -2.27. The lowest BCUT2D eigenvalue weighted by atomic mass is 9.74. The Balaban J connectivity index is 2.27. The predicted molar refractivity (Wildman–Crippen MR) is 76.7 cm³/mol. The number of hydrogen-bond acceptors (Lipinski definition) is 3. The molecule has 1 aromatic carbocycles. The fourth-order valence-electron chi connectivity index (χ4n) is 2.97. The number of hydrogen-bond donors (Lipinski definition) is 0. The van der Waals surface area contributed by atoms with Gasteiger partial charge < -0.3 is 0 Å². The first-order valence-corrected chi connectivity index (χ1v) is 7.10. The van der Waals surface area contributed by atoms with E-state index in [1.54, 1.807) is 6.92 Å². The highest BCUT2D eigenvalue weighted by Gasteiger charge is 2.39. The minimum absolute atomic E-state index is 0.0733. The molecule has 1 fully saturated rings. The van der Waals surface area contributed by atoms with Gasteiger partial charge in [-0.15, -0.1) is 0 Å². The highest BCUT2D eigenvalue weighted by atomic mass is 16.2. The molecule has 1 saturated carbocycles. The Kier molecular flexibility index (Phi) is 4.17. The van der Waals surface area contributed by atoms with Gasteiger partial charge in [0.1, 0.15) is 5.92 Å². The van der Waals surface area contributed by atoms with Crippen molar-refractivity contribution in [1.82, 2.24) is 0 Å². The lowest BCUT2D eigenvalue weighted by Crippen LogP contribution is -2.37. The minimum atomic E-state index is -0.999. The van der Waals surface area contributed by atoms with E-state index < -0.39 is 5.92 Å². The summed E-state index contributed by atoms with van der Waals surface area (Å²) in [7, 11) is 0. The second kappa shape index (κ2) is 5.70. The van der Waals surface area contributed by atoms with Crippen LogP contribution >= 0.6 is 0 Å². The summed E-state index contributed by atoms with van der Waals surface area (Å²) in [5.41, 5.74) is 3.36. The van der Waals surface area contributed by atoms with Gasteiger partial charge in [-0.3, -0.25) is 14.4 Å². The van der Waals surface area contributed by atoms with Gasteiger partial charge in [0.15, 0.2) is 17.3 Å². The van der Waals surface area contributed by atoms with Crippen molar-refractivity contribution in [3.63, 3.8) is 0 Å².